The first-order valence-corrected chi connectivity index (χ1v) is 9.04. The van der Waals surface area contributed by atoms with Gasteiger partial charge in [-0.1, -0.05) is 42.6 Å². The van der Waals surface area contributed by atoms with E-state index in [0.29, 0.717) is 33.5 Å². The molecule has 0 saturated heterocycles. The molecule has 0 aliphatic carbocycles. The Hall–Kier alpha value is -2.08. The molecule has 0 amide bonds. The Bertz CT molecular complexity index is 854. The van der Waals surface area contributed by atoms with Crippen LogP contribution in [-0.4, -0.2) is 19.9 Å². The van der Waals surface area contributed by atoms with Gasteiger partial charge in [0, 0.05) is 10.6 Å². The average molecular weight is 392 g/mol. The van der Waals surface area contributed by atoms with Crippen molar-refractivity contribution < 1.29 is 9.84 Å². The molecule has 0 aliphatic rings. The maximum Gasteiger partial charge on any atom is 0.137 e. The number of nitrogens with zero attached hydrogens (tertiary/aromatic N) is 3. The van der Waals surface area contributed by atoms with Gasteiger partial charge in [0.2, 0.25) is 0 Å². The molecule has 7 heteroatoms. The van der Waals surface area contributed by atoms with Crippen LogP contribution in [0.2, 0.25) is 10.0 Å². The first-order chi connectivity index (χ1) is 12.5. The molecule has 3 rings (SSSR count). The van der Waals surface area contributed by atoms with Crippen molar-refractivity contribution in [3.63, 3.8) is 0 Å². The summed E-state index contributed by atoms with van der Waals surface area (Å²) >= 11 is 12.4. The second-order valence-electron chi connectivity index (χ2n) is 6.07. The maximum absolute atomic E-state index is 11.2. The van der Waals surface area contributed by atoms with E-state index < -0.39 is 5.60 Å². The minimum Gasteiger partial charge on any atom is -0.457 e. The second-order valence-corrected chi connectivity index (χ2v) is 6.92. The normalized spacial score (nSPS) is 13.4. The van der Waals surface area contributed by atoms with E-state index in [2.05, 4.69) is 10.1 Å². The molecule has 0 bridgehead atoms. The molecule has 0 radical (unpaired) electrons. The van der Waals surface area contributed by atoms with Crippen molar-refractivity contribution in [1.82, 2.24) is 14.8 Å². The lowest BCUT2D eigenvalue weighted by molar-refractivity contribution is 0.00561. The van der Waals surface area contributed by atoms with Crippen LogP contribution in [0.15, 0.2) is 55.1 Å². The second kappa shape index (κ2) is 8.08. The zero-order chi connectivity index (χ0) is 18.6. The van der Waals surface area contributed by atoms with Crippen LogP contribution in [0.4, 0.5) is 0 Å². The first kappa shape index (κ1) is 18.7. The molecule has 136 valence electrons. The van der Waals surface area contributed by atoms with E-state index in [1.54, 1.807) is 53.5 Å². The Kier molecular flexibility index (Phi) is 5.81. The van der Waals surface area contributed by atoms with E-state index >= 15 is 0 Å². The van der Waals surface area contributed by atoms with Crippen LogP contribution >= 0.6 is 23.2 Å². The summed E-state index contributed by atoms with van der Waals surface area (Å²) in [5.41, 5.74) is -0.502. The number of halogens is 2. The molecular formula is C19H19Cl2N3O2. The van der Waals surface area contributed by atoms with Crippen LogP contribution in [0, 0.1) is 0 Å². The molecule has 1 heterocycles. The minimum atomic E-state index is -1.14. The third-order valence-electron chi connectivity index (χ3n) is 4.04. The number of rotatable bonds is 7. The van der Waals surface area contributed by atoms with Crippen LogP contribution in [-0.2, 0) is 12.1 Å². The van der Waals surface area contributed by atoms with Gasteiger partial charge in [-0.2, -0.15) is 5.10 Å². The van der Waals surface area contributed by atoms with Gasteiger partial charge in [-0.3, -0.25) is 0 Å². The summed E-state index contributed by atoms with van der Waals surface area (Å²) in [5, 5.41) is 16.4. The lowest BCUT2D eigenvalue weighted by Crippen LogP contribution is -2.32. The van der Waals surface area contributed by atoms with Gasteiger partial charge in [0.05, 0.1) is 11.6 Å². The van der Waals surface area contributed by atoms with E-state index in [1.807, 2.05) is 6.92 Å². The molecule has 3 aromatic rings. The SMILES string of the molecule is CCC[C@@](O)(Cn1cncn1)c1ccc(Oc2ccc(Cl)cc2)cc1Cl. The Morgan fingerprint density at radius 3 is 2.46 bits per heavy atom. The highest BCUT2D eigenvalue weighted by atomic mass is 35.5. The Labute approximate surface area is 162 Å². The number of aromatic nitrogens is 3. The third-order valence-corrected chi connectivity index (χ3v) is 4.61. The zero-order valence-electron chi connectivity index (χ0n) is 14.3. The lowest BCUT2D eigenvalue weighted by atomic mass is 9.89. The van der Waals surface area contributed by atoms with Crippen LogP contribution in [0.5, 0.6) is 11.5 Å². The fraction of sp³-hybridized carbons (Fsp3) is 0.263. The Morgan fingerprint density at radius 1 is 1.12 bits per heavy atom. The lowest BCUT2D eigenvalue weighted by Gasteiger charge is -2.29. The van der Waals surface area contributed by atoms with E-state index in [1.165, 1.54) is 6.33 Å². The van der Waals surface area contributed by atoms with E-state index in [0.717, 1.165) is 6.42 Å². The molecule has 1 N–H and O–H groups in total. The largest absolute Gasteiger partial charge is 0.457 e. The van der Waals surface area contributed by atoms with Crippen molar-refractivity contribution in [3.05, 3.63) is 70.7 Å². The first-order valence-electron chi connectivity index (χ1n) is 8.28. The smallest absolute Gasteiger partial charge is 0.137 e. The summed E-state index contributed by atoms with van der Waals surface area (Å²) < 4.78 is 7.40. The van der Waals surface area contributed by atoms with E-state index in [4.69, 9.17) is 27.9 Å². The summed E-state index contributed by atoms with van der Waals surface area (Å²) in [4.78, 5) is 3.93. The highest BCUT2D eigenvalue weighted by Gasteiger charge is 2.31. The number of ether oxygens (including phenoxy) is 1. The number of benzene rings is 2. The molecule has 0 spiro atoms. The summed E-state index contributed by atoms with van der Waals surface area (Å²) in [6.45, 7) is 2.29. The summed E-state index contributed by atoms with van der Waals surface area (Å²) in [6, 6.07) is 12.4. The molecular weight excluding hydrogens is 373 g/mol. The van der Waals surface area contributed by atoms with Crippen LogP contribution < -0.4 is 4.74 Å². The Balaban J connectivity index is 1.85. The van der Waals surface area contributed by atoms with Crippen LogP contribution in [0.25, 0.3) is 0 Å². The van der Waals surface area contributed by atoms with Gasteiger partial charge < -0.3 is 9.84 Å². The Morgan fingerprint density at radius 2 is 1.85 bits per heavy atom. The molecule has 1 aromatic heterocycles. The zero-order valence-corrected chi connectivity index (χ0v) is 15.8. The number of hydrogen-bond donors (Lipinski definition) is 1. The quantitative estimate of drug-likeness (QED) is 0.610. The van der Waals surface area contributed by atoms with Gasteiger partial charge >= 0.3 is 0 Å². The minimum absolute atomic E-state index is 0.276. The van der Waals surface area contributed by atoms with Crippen LogP contribution in [0.1, 0.15) is 25.3 Å². The highest BCUT2D eigenvalue weighted by molar-refractivity contribution is 6.31. The summed E-state index contributed by atoms with van der Waals surface area (Å²) in [7, 11) is 0. The monoisotopic (exact) mass is 391 g/mol. The van der Waals surface area contributed by atoms with Gasteiger partial charge in [-0.25, -0.2) is 9.67 Å². The molecule has 0 saturated carbocycles. The van der Waals surface area contributed by atoms with Crippen molar-refractivity contribution in [1.29, 1.82) is 0 Å². The predicted molar refractivity (Wildman–Crippen MR) is 102 cm³/mol. The molecule has 1 atom stereocenters. The van der Waals surface area contributed by atoms with Gasteiger partial charge in [0.25, 0.3) is 0 Å². The van der Waals surface area contributed by atoms with Crippen molar-refractivity contribution in [3.8, 4) is 11.5 Å². The maximum atomic E-state index is 11.2. The van der Waals surface area contributed by atoms with Gasteiger partial charge in [-0.05, 0) is 42.8 Å². The molecule has 26 heavy (non-hydrogen) atoms. The van der Waals surface area contributed by atoms with Gasteiger partial charge in [0.1, 0.15) is 29.8 Å². The highest BCUT2D eigenvalue weighted by Crippen LogP contribution is 2.36. The van der Waals surface area contributed by atoms with Crippen molar-refractivity contribution in [2.75, 3.05) is 0 Å². The fourth-order valence-electron chi connectivity index (χ4n) is 2.87. The fourth-order valence-corrected chi connectivity index (χ4v) is 3.34. The molecule has 2 aromatic carbocycles. The number of aliphatic hydroxyl groups is 1. The third kappa shape index (κ3) is 4.36. The standard InChI is InChI=1S/C19H19Cl2N3O2/c1-2-9-19(25,11-24-13-22-12-23-24)17-8-7-16(10-18(17)21)26-15-5-3-14(20)4-6-15/h3-8,10,12-13,25H,2,9,11H2,1H3/t19-/m1/s1. The molecule has 0 fully saturated rings. The molecule has 5 nitrogen and oxygen atoms in total. The van der Waals surface area contributed by atoms with Gasteiger partial charge in [0.15, 0.2) is 0 Å². The van der Waals surface area contributed by atoms with Crippen molar-refractivity contribution in [2.24, 2.45) is 0 Å². The molecule has 0 aliphatic heterocycles. The van der Waals surface area contributed by atoms with Crippen molar-refractivity contribution >= 4 is 23.2 Å². The number of hydrogen-bond acceptors (Lipinski definition) is 4. The van der Waals surface area contributed by atoms with E-state index in [-0.39, 0.29) is 6.54 Å². The molecule has 0 unspecified atom stereocenters. The average Bonchev–Trinajstić information content (AvgIpc) is 3.10. The van der Waals surface area contributed by atoms with Crippen LogP contribution in [0.3, 0.4) is 0 Å². The van der Waals surface area contributed by atoms with Crippen molar-refractivity contribution in [2.45, 2.75) is 31.9 Å². The summed E-state index contributed by atoms with van der Waals surface area (Å²) in [6.07, 6.45) is 4.36. The van der Waals surface area contributed by atoms with Gasteiger partial charge in [-0.15, -0.1) is 0 Å². The predicted octanol–water partition coefficient (Wildman–Crippen LogP) is 5.07. The van der Waals surface area contributed by atoms with E-state index in [9.17, 15) is 5.11 Å². The summed E-state index contributed by atoms with van der Waals surface area (Å²) in [5.74, 6) is 1.24. The topological polar surface area (TPSA) is 60.2 Å².